The number of rotatable bonds is 6. The molecule has 10 nitrogen and oxygen atoms in total. The summed E-state index contributed by atoms with van der Waals surface area (Å²) in [6, 6.07) is 5.80. The fraction of sp³-hybridized carbons (Fsp3) is 0.407. The Bertz CT molecular complexity index is 1420. The van der Waals surface area contributed by atoms with Crippen molar-refractivity contribution in [1.82, 2.24) is 30.4 Å². The molecule has 3 aromatic rings. The van der Waals surface area contributed by atoms with Gasteiger partial charge in [0.2, 0.25) is 0 Å². The van der Waals surface area contributed by atoms with E-state index in [1.807, 2.05) is 43.7 Å². The molecule has 0 radical (unpaired) electrons. The maximum absolute atomic E-state index is 13.5. The molecule has 37 heavy (non-hydrogen) atoms. The van der Waals surface area contributed by atoms with Crippen molar-refractivity contribution >= 4 is 34.4 Å². The number of pyridine rings is 2. The molecule has 1 saturated heterocycles. The highest BCUT2D eigenvalue weighted by Crippen LogP contribution is 2.28. The number of dihydropyridines is 1. The minimum atomic E-state index is -0.468. The zero-order valence-corrected chi connectivity index (χ0v) is 21.7. The number of piperazine rings is 1. The van der Waals surface area contributed by atoms with Crippen molar-refractivity contribution < 1.29 is 9.59 Å². The molecule has 192 valence electrons. The zero-order chi connectivity index (χ0) is 26.1. The largest absolute Gasteiger partial charge is 0.354 e. The fourth-order valence-electron chi connectivity index (χ4n) is 4.82. The lowest BCUT2D eigenvalue weighted by atomic mass is 9.95. The first-order valence-electron chi connectivity index (χ1n) is 12.7. The zero-order valence-electron chi connectivity index (χ0n) is 21.7. The Labute approximate surface area is 215 Å². The minimum Gasteiger partial charge on any atom is -0.354 e. The summed E-state index contributed by atoms with van der Waals surface area (Å²) in [5.74, 6) is -0.0914. The van der Waals surface area contributed by atoms with Crippen LogP contribution in [0, 0.1) is 5.92 Å². The molecule has 1 atom stereocenters. The molecule has 5 rings (SSSR count). The number of fused-ring (bicyclic) bond motifs is 1. The smallest absolute Gasteiger partial charge is 0.254 e. The Hall–Kier alpha value is -3.92. The molecule has 0 saturated carbocycles. The molecule has 2 N–H and O–H groups in total. The summed E-state index contributed by atoms with van der Waals surface area (Å²) < 4.78 is 1.82. The van der Waals surface area contributed by atoms with Crippen molar-refractivity contribution in [3.8, 4) is 11.3 Å². The van der Waals surface area contributed by atoms with Crippen molar-refractivity contribution in [2.45, 2.75) is 33.7 Å². The van der Waals surface area contributed by atoms with Crippen LogP contribution < -0.4 is 15.5 Å². The average molecular weight is 501 g/mol. The van der Waals surface area contributed by atoms with Crippen molar-refractivity contribution in [3.63, 3.8) is 0 Å². The number of aliphatic imine (C=N–C) groups is 1. The van der Waals surface area contributed by atoms with Crippen molar-refractivity contribution in [1.29, 1.82) is 0 Å². The number of hydrogen-bond donors (Lipinski definition) is 2. The van der Waals surface area contributed by atoms with Gasteiger partial charge in [-0.1, -0.05) is 5.57 Å². The Balaban J connectivity index is 1.50. The highest BCUT2D eigenvalue weighted by atomic mass is 16.2. The lowest BCUT2D eigenvalue weighted by molar-refractivity contribution is -0.120. The minimum absolute atomic E-state index is 0.0683. The number of hydrogen-bond acceptors (Lipinski definition) is 7. The predicted octanol–water partition coefficient (Wildman–Crippen LogP) is 2.78. The van der Waals surface area contributed by atoms with E-state index in [-0.39, 0.29) is 24.4 Å². The van der Waals surface area contributed by atoms with Crippen LogP contribution in [-0.2, 0) is 4.79 Å². The van der Waals surface area contributed by atoms with Crippen LogP contribution in [0.25, 0.3) is 22.3 Å². The van der Waals surface area contributed by atoms with Gasteiger partial charge in [0.1, 0.15) is 5.82 Å². The molecule has 0 bridgehead atoms. The van der Waals surface area contributed by atoms with Crippen LogP contribution >= 0.6 is 0 Å². The number of allylic oxidation sites excluding steroid dienone is 1. The number of carbonyl (C=O) groups is 2. The maximum atomic E-state index is 13.5. The maximum Gasteiger partial charge on any atom is 0.254 e. The summed E-state index contributed by atoms with van der Waals surface area (Å²) in [5.41, 5.74) is 4.23. The van der Waals surface area contributed by atoms with E-state index in [2.05, 4.69) is 30.6 Å². The van der Waals surface area contributed by atoms with Crippen LogP contribution in [0.3, 0.4) is 0 Å². The number of aromatic nitrogens is 4. The van der Waals surface area contributed by atoms with Crippen LogP contribution in [0.15, 0.2) is 47.2 Å². The summed E-state index contributed by atoms with van der Waals surface area (Å²) in [5, 5.41) is 11.5. The van der Waals surface area contributed by atoms with Crippen molar-refractivity contribution in [2.24, 2.45) is 10.9 Å². The number of amides is 2. The van der Waals surface area contributed by atoms with Crippen LogP contribution in [0.4, 0.5) is 5.82 Å². The standard InChI is InChI=1S/C27H32N8O2/c1-16(2)35-25-22(15-31-35)20(26(36)30-14-21-17(3)11-18(4)32-27(21)37)13-23(33-25)19-5-6-29-24(12-19)34-9-7-28-8-10-34/h5-6,11-13,15-16,21,28H,7-10,14H2,1-4H3,(H,30,36). The molecule has 0 aromatic carbocycles. The van der Waals surface area contributed by atoms with E-state index in [0.717, 1.165) is 43.1 Å². The molecule has 2 aliphatic heterocycles. The molecule has 2 amide bonds. The van der Waals surface area contributed by atoms with Gasteiger partial charge in [0.05, 0.1) is 28.8 Å². The van der Waals surface area contributed by atoms with Gasteiger partial charge in [-0.25, -0.2) is 19.6 Å². The normalized spacial score (nSPS) is 18.2. The van der Waals surface area contributed by atoms with Gasteiger partial charge in [0.25, 0.3) is 11.8 Å². The van der Waals surface area contributed by atoms with Gasteiger partial charge in [-0.15, -0.1) is 0 Å². The van der Waals surface area contributed by atoms with E-state index in [1.165, 1.54) is 0 Å². The number of anilines is 1. The highest BCUT2D eigenvalue weighted by molar-refractivity contribution is 6.08. The van der Waals surface area contributed by atoms with Crippen LogP contribution in [0.2, 0.25) is 0 Å². The Morgan fingerprint density at radius 2 is 2.00 bits per heavy atom. The third-order valence-corrected chi connectivity index (χ3v) is 6.82. The van der Waals surface area contributed by atoms with E-state index >= 15 is 0 Å². The topological polar surface area (TPSA) is 117 Å². The van der Waals surface area contributed by atoms with Crippen LogP contribution in [0.1, 0.15) is 44.1 Å². The molecule has 0 aliphatic carbocycles. The molecular weight excluding hydrogens is 468 g/mol. The van der Waals surface area contributed by atoms with Crippen LogP contribution in [0.5, 0.6) is 0 Å². The quantitative estimate of drug-likeness (QED) is 0.534. The van der Waals surface area contributed by atoms with Gasteiger partial charge in [0, 0.05) is 56.2 Å². The first kappa shape index (κ1) is 24.8. The van der Waals surface area contributed by atoms with Gasteiger partial charge in [0.15, 0.2) is 5.65 Å². The number of nitrogens with one attached hydrogen (secondary N) is 2. The molecule has 10 heteroatoms. The lowest BCUT2D eigenvalue weighted by Gasteiger charge is -2.28. The Kier molecular flexibility index (Phi) is 6.84. The second-order valence-electron chi connectivity index (χ2n) is 9.86. The van der Waals surface area contributed by atoms with Gasteiger partial charge in [-0.2, -0.15) is 5.10 Å². The first-order valence-corrected chi connectivity index (χ1v) is 12.7. The molecule has 5 heterocycles. The Morgan fingerprint density at radius 1 is 1.22 bits per heavy atom. The lowest BCUT2D eigenvalue weighted by Crippen LogP contribution is -2.43. The third-order valence-electron chi connectivity index (χ3n) is 6.82. The number of carbonyl (C=O) groups excluding carboxylic acids is 2. The Morgan fingerprint density at radius 3 is 2.73 bits per heavy atom. The van der Waals surface area contributed by atoms with E-state index in [1.54, 1.807) is 25.4 Å². The van der Waals surface area contributed by atoms with E-state index < -0.39 is 5.92 Å². The second kappa shape index (κ2) is 10.2. The summed E-state index contributed by atoms with van der Waals surface area (Å²) >= 11 is 0. The monoisotopic (exact) mass is 500 g/mol. The summed E-state index contributed by atoms with van der Waals surface area (Å²) in [4.78, 5) is 41.7. The van der Waals surface area contributed by atoms with Crippen molar-refractivity contribution in [2.75, 3.05) is 37.6 Å². The van der Waals surface area contributed by atoms with E-state index in [0.29, 0.717) is 28.0 Å². The van der Waals surface area contributed by atoms with Crippen molar-refractivity contribution in [3.05, 3.63) is 47.8 Å². The highest BCUT2D eigenvalue weighted by Gasteiger charge is 2.25. The molecule has 1 unspecified atom stereocenters. The van der Waals surface area contributed by atoms with Gasteiger partial charge < -0.3 is 15.5 Å². The summed E-state index contributed by atoms with van der Waals surface area (Å²) in [6.07, 6.45) is 5.35. The van der Waals surface area contributed by atoms with E-state index in [4.69, 9.17) is 4.98 Å². The molecule has 1 fully saturated rings. The van der Waals surface area contributed by atoms with Gasteiger partial charge >= 0.3 is 0 Å². The second-order valence-corrected chi connectivity index (χ2v) is 9.86. The SMILES string of the molecule is CC1=CC(C)=NC(=O)C1CNC(=O)c1cc(-c2ccnc(N3CCNCC3)c2)nc2c1cnn2C(C)C. The molecule has 2 aliphatic rings. The summed E-state index contributed by atoms with van der Waals surface area (Å²) in [6.45, 7) is 11.5. The summed E-state index contributed by atoms with van der Waals surface area (Å²) in [7, 11) is 0. The third kappa shape index (κ3) is 5.01. The van der Waals surface area contributed by atoms with E-state index in [9.17, 15) is 9.59 Å². The van der Waals surface area contributed by atoms with Gasteiger partial charge in [-0.3, -0.25) is 9.59 Å². The molecule has 3 aromatic heterocycles. The fourth-order valence-corrected chi connectivity index (χ4v) is 4.82. The first-order chi connectivity index (χ1) is 17.8. The van der Waals surface area contributed by atoms with Gasteiger partial charge in [-0.05, 0) is 52.0 Å². The number of nitrogens with zero attached hydrogens (tertiary/aromatic N) is 6. The average Bonchev–Trinajstić information content (AvgIpc) is 3.32. The molecular formula is C27H32N8O2. The van der Waals surface area contributed by atoms with Crippen LogP contribution in [-0.4, -0.2) is 70.0 Å². The molecule has 0 spiro atoms. The predicted molar refractivity (Wildman–Crippen MR) is 144 cm³/mol.